The Morgan fingerprint density at radius 2 is 1.97 bits per heavy atom. The van der Waals surface area contributed by atoms with E-state index in [4.69, 9.17) is 16.3 Å². The van der Waals surface area contributed by atoms with E-state index >= 15 is 0 Å². The summed E-state index contributed by atoms with van der Waals surface area (Å²) in [5.74, 6) is 0.216. The molecule has 7 nitrogen and oxygen atoms in total. The molecule has 2 aliphatic heterocycles. The van der Waals surface area contributed by atoms with Gasteiger partial charge >= 0.3 is 0 Å². The fourth-order valence-electron chi connectivity index (χ4n) is 4.24. The zero-order valence-electron chi connectivity index (χ0n) is 16.2. The van der Waals surface area contributed by atoms with Crippen LogP contribution in [0, 0.1) is 5.82 Å². The third-order valence-electron chi connectivity index (χ3n) is 5.98. The van der Waals surface area contributed by atoms with Crippen molar-refractivity contribution in [1.82, 2.24) is 19.2 Å². The van der Waals surface area contributed by atoms with Gasteiger partial charge in [0.25, 0.3) is 0 Å². The van der Waals surface area contributed by atoms with Crippen LogP contribution >= 0.6 is 11.6 Å². The molecule has 3 aliphatic rings. The summed E-state index contributed by atoms with van der Waals surface area (Å²) in [6.45, 7) is 1.89. The van der Waals surface area contributed by atoms with Gasteiger partial charge in [0, 0.05) is 49.6 Å². The molecule has 0 unspecified atom stereocenters. The first-order valence-corrected chi connectivity index (χ1v) is 11.9. The molecule has 1 aromatic heterocycles. The van der Waals surface area contributed by atoms with Crippen LogP contribution < -0.4 is 4.74 Å². The fourth-order valence-corrected chi connectivity index (χ4v) is 5.92. The van der Waals surface area contributed by atoms with Gasteiger partial charge in [-0.15, -0.1) is 0 Å². The van der Waals surface area contributed by atoms with Gasteiger partial charge in [-0.1, -0.05) is 11.6 Å². The third kappa shape index (κ3) is 3.91. The Morgan fingerprint density at radius 3 is 2.67 bits per heavy atom. The Labute approximate surface area is 179 Å². The lowest BCUT2D eigenvalue weighted by atomic mass is 10.2. The highest BCUT2D eigenvalue weighted by Crippen LogP contribution is 2.38. The molecule has 30 heavy (non-hydrogen) atoms. The Kier molecular flexibility index (Phi) is 5.17. The highest BCUT2D eigenvalue weighted by Gasteiger charge is 2.41. The van der Waals surface area contributed by atoms with Crippen molar-refractivity contribution in [1.29, 1.82) is 0 Å². The Morgan fingerprint density at radius 1 is 1.13 bits per heavy atom. The van der Waals surface area contributed by atoms with Crippen LogP contribution in [0.5, 0.6) is 5.88 Å². The minimum Gasteiger partial charge on any atom is -0.472 e. The molecule has 0 N–H and O–H groups in total. The molecule has 2 saturated heterocycles. The van der Waals surface area contributed by atoms with Crippen LogP contribution in [0.15, 0.2) is 35.5 Å². The van der Waals surface area contributed by atoms with Gasteiger partial charge in [0.2, 0.25) is 15.9 Å². The number of nitrogens with zero attached hydrogens (tertiary/aromatic N) is 4. The van der Waals surface area contributed by atoms with Crippen LogP contribution in [0.2, 0.25) is 5.02 Å². The topological polar surface area (TPSA) is 75.6 Å². The molecule has 1 saturated carbocycles. The van der Waals surface area contributed by atoms with E-state index in [-0.39, 0.29) is 22.1 Å². The Bertz CT molecular complexity index is 1050. The van der Waals surface area contributed by atoms with Crippen molar-refractivity contribution in [3.63, 3.8) is 0 Å². The number of halogens is 2. The normalized spacial score (nSPS) is 25.3. The summed E-state index contributed by atoms with van der Waals surface area (Å²) >= 11 is 5.76. The van der Waals surface area contributed by atoms with E-state index in [1.54, 1.807) is 12.4 Å². The van der Waals surface area contributed by atoms with E-state index in [0.717, 1.165) is 11.8 Å². The average molecular weight is 453 g/mol. The number of ether oxygens (including phenoxy) is 1. The maximum absolute atomic E-state index is 14.2. The summed E-state index contributed by atoms with van der Waals surface area (Å²) in [6.07, 6.45) is 6.41. The first-order chi connectivity index (χ1) is 14.4. The van der Waals surface area contributed by atoms with Gasteiger partial charge in [-0.25, -0.2) is 17.8 Å². The monoisotopic (exact) mass is 452 g/mol. The zero-order valence-corrected chi connectivity index (χ0v) is 17.8. The summed E-state index contributed by atoms with van der Waals surface area (Å²) in [5, 5.41) is 0.167. The molecule has 0 radical (unpaired) electrons. The minimum atomic E-state index is -3.92. The maximum Gasteiger partial charge on any atom is 0.246 e. The molecule has 1 aliphatic carbocycles. The van der Waals surface area contributed by atoms with E-state index in [1.807, 2.05) is 0 Å². The second-order valence-electron chi connectivity index (χ2n) is 8.12. The molecule has 10 heteroatoms. The molecule has 3 fully saturated rings. The lowest BCUT2D eigenvalue weighted by Gasteiger charge is -2.36. The van der Waals surface area contributed by atoms with Crippen LogP contribution in [0.25, 0.3) is 0 Å². The number of piperazine rings is 1. The van der Waals surface area contributed by atoms with E-state index in [0.29, 0.717) is 44.4 Å². The number of fused-ring (bicyclic) bond motifs is 1. The van der Waals surface area contributed by atoms with Crippen molar-refractivity contribution in [3.05, 3.63) is 47.1 Å². The number of hydrogen-bond acceptors (Lipinski definition) is 6. The quantitative estimate of drug-likeness (QED) is 0.694. The van der Waals surface area contributed by atoms with Gasteiger partial charge in [-0.3, -0.25) is 9.88 Å². The minimum absolute atomic E-state index is 0.0209. The number of rotatable bonds is 5. The van der Waals surface area contributed by atoms with Gasteiger partial charge < -0.3 is 4.74 Å². The van der Waals surface area contributed by atoms with Crippen LogP contribution in [0.3, 0.4) is 0 Å². The number of hydrogen-bond donors (Lipinski definition) is 0. The van der Waals surface area contributed by atoms with Gasteiger partial charge in [-0.2, -0.15) is 4.31 Å². The first kappa shape index (κ1) is 20.1. The number of sulfonamides is 1. The first-order valence-electron chi connectivity index (χ1n) is 10.1. The van der Waals surface area contributed by atoms with Crippen LogP contribution in [-0.2, 0) is 10.0 Å². The summed E-state index contributed by atoms with van der Waals surface area (Å²) in [5.41, 5.74) is 1.02. The highest BCUT2D eigenvalue weighted by molar-refractivity contribution is 7.89. The summed E-state index contributed by atoms with van der Waals surface area (Å²) in [4.78, 5) is 10.7. The molecule has 2 aromatic rings. The molecule has 2 atom stereocenters. The average Bonchev–Trinajstić information content (AvgIpc) is 3.48. The summed E-state index contributed by atoms with van der Waals surface area (Å²) < 4.78 is 47.5. The smallest absolute Gasteiger partial charge is 0.246 e. The van der Waals surface area contributed by atoms with E-state index in [1.165, 1.54) is 29.3 Å². The van der Waals surface area contributed by atoms with E-state index < -0.39 is 15.8 Å². The molecule has 0 amide bonds. The largest absolute Gasteiger partial charge is 0.472 e. The molecule has 1 aromatic carbocycles. The van der Waals surface area contributed by atoms with Crippen LogP contribution in [0.4, 0.5) is 4.39 Å². The third-order valence-corrected chi connectivity index (χ3v) is 8.12. The van der Waals surface area contributed by atoms with Crippen molar-refractivity contribution in [2.75, 3.05) is 26.2 Å². The Balaban J connectivity index is 1.24. The highest BCUT2D eigenvalue weighted by atomic mass is 35.5. The predicted molar refractivity (Wildman–Crippen MR) is 109 cm³/mol. The standard InChI is InChI=1S/C20H22ClFN4O3S/c21-14-3-4-19(17(22)7-14)30(27,28)26-6-5-25-12-16(8-15(25)11-26)29-20-10-23-18(9-24-20)13-1-2-13/h3-4,7,9-10,13,15-16H,1-2,5-6,8,11-12H2/t15-,16+/m0/s1. The van der Waals surface area contributed by atoms with Crippen LogP contribution in [0.1, 0.15) is 30.9 Å². The molecular formula is C20H22ClFN4O3S. The molecular weight excluding hydrogens is 431 g/mol. The van der Waals surface area contributed by atoms with Gasteiger partial charge in [0.05, 0.1) is 18.1 Å². The SMILES string of the molecule is O=S(=O)(c1ccc(Cl)cc1F)N1CCN2C[C@H](Oc3cnc(C4CC4)cn3)C[C@H]2C1. The van der Waals surface area contributed by atoms with E-state index in [9.17, 15) is 12.8 Å². The zero-order chi connectivity index (χ0) is 20.9. The molecule has 0 spiro atoms. The predicted octanol–water partition coefficient (Wildman–Crippen LogP) is 2.67. The van der Waals surface area contributed by atoms with Gasteiger partial charge in [0.15, 0.2) is 0 Å². The number of aromatic nitrogens is 2. The second kappa shape index (κ2) is 7.71. The Hall–Kier alpha value is -1.81. The van der Waals surface area contributed by atoms with Crippen molar-refractivity contribution in [2.24, 2.45) is 0 Å². The molecule has 160 valence electrons. The maximum atomic E-state index is 14.2. The summed E-state index contributed by atoms with van der Waals surface area (Å²) in [7, 11) is -3.92. The van der Waals surface area contributed by atoms with Crippen molar-refractivity contribution in [2.45, 2.75) is 42.2 Å². The van der Waals surface area contributed by atoms with E-state index in [2.05, 4.69) is 14.9 Å². The summed E-state index contributed by atoms with van der Waals surface area (Å²) in [6, 6.07) is 3.67. The molecule has 5 rings (SSSR count). The van der Waals surface area contributed by atoms with Gasteiger partial charge in [-0.05, 0) is 31.0 Å². The molecule has 3 heterocycles. The van der Waals surface area contributed by atoms with Gasteiger partial charge in [0.1, 0.15) is 16.8 Å². The molecule has 0 bridgehead atoms. The van der Waals surface area contributed by atoms with Crippen molar-refractivity contribution < 1.29 is 17.5 Å². The second-order valence-corrected chi connectivity index (χ2v) is 10.5. The van der Waals surface area contributed by atoms with Crippen molar-refractivity contribution in [3.8, 4) is 5.88 Å². The van der Waals surface area contributed by atoms with Crippen molar-refractivity contribution >= 4 is 21.6 Å². The lowest BCUT2D eigenvalue weighted by Crippen LogP contribution is -2.52. The van der Waals surface area contributed by atoms with Crippen LogP contribution in [-0.4, -0.2) is 65.9 Å². The number of benzene rings is 1. The fraction of sp³-hybridized carbons (Fsp3) is 0.500. The lowest BCUT2D eigenvalue weighted by molar-refractivity contribution is 0.151.